The Morgan fingerprint density at radius 1 is 1.53 bits per heavy atom. The van der Waals surface area contributed by atoms with Crippen LogP contribution in [0.1, 0.15) is 39.0 Å². The Morgan fingerprint density at radius 3 is 3.07 bits per heavy atom. The molecule has 1 rings (SSSR count). The summed E-state index contributed by atoms with van der Waals surface area (Å²) in [6.07, 6.45) is 6.18. The molecule has 0 aromatic carbocycles. The van der Waals surface area contributed by atoms with E-state index < -0.39 is 0 Å². The average Bonchev–Trinajstić information content (AvgIpc) is 2.28. The molecular formula is C11H23N3O. The van der Waals surface area contributed by atoms with Crippen LogP contribution in [0.4, 0.5) is 0 Å². The molecule has 1 heterocycles. The van der Waals surface area contributed by atoms with Crippen LogP contribution in [-0.4, -0.2) is 31.8 Å². The summed E-state index contributed by atoms with van der Waals surface area (Å²) in [7, 11) is 0. The highest BCUT2D eigenvalue weighted by Crippen LogP contribution is 2.14. The first-order valence-corrected chi connectivity index (χ1v) is 5.98. The van der Waals surface area contributed by atoms with Gasteiger partial charge >= 0.3 is 0 Å². The second-order valence-corrected chi connectivity index (χ2v) is 3.97. The van der Waals surface area contributed by atoms with Crippen molar-refractivity contribution >= 4 is 5.96 Å². The van der Waals surface area contributed by atoms with Crippen molar-refractivity contribution in [3.8, 4) is 0 Å². The van der Waals surface area contributed by atoms with E-state index >= 15 is 0 Å². The summed E-state index contributed by atoms with van der Waals surface area (Å²) in [5, 5.41) is 3.11. The van der Waals surface area contributed by atoms with Crippen LogP contribution in [0.2, 0.25) is 0 Å². The van der Waals surface area contributed by atoms with Gasteiger partial charge in [0.05, 0.1) is 6.10 Å². The van der Waals surface area contributed by atoms with Crippen molar-refractivity contribution in [2.75, 3.05) is 19.7 Å². The minimum atomic E-state index is 0.422. The van der Waals surface area contributed by atoms with E-state index in [1.807, 2.05) is 0 Å². The number of nitrogens with zero attached hydrogens (tertiary/aromatic N) is 1. The van der Waals surface area contributed by atoms with Crippen LogP contribution < -0.4 is 11.1 Å². The Hall–Kier alpha value is -0.770. The standard InChI is InChI=1S/C11H23N3O/c1-2-7-13-11(12)14-8-6-10-5-3-4-9-15-10/h10H,2-9H2,1H3,(H3,12,13,14). The van der Waals surface area contributed by atoms with Crippen LogP contribution in [-0.2, 0) is 4.74 Å². The molecule has 1 fully saturated rings. The summed E-state index contributed by atoms with van der Waals surface area (Å²) >= 11 is 0. The van der Waals surface area contributed by atoms with E-state index in [1.165, 1.54) is 19.3 Å². The summed E-state index contributed by atoms with van der Waals surface area (Å²) in [5.74, 6) is 0.563. The van der Waals surface area contributed by atoms with Gasteiger partial charge in [-0.3, -0.25) is 4.99 Å². The van der Waals surface area contributed by atoms with E-state index in [1.54, 1.807) is 0 Å². The third-order valence-corrected chi connectivity index (χ3v) is 2.55. The van der Waals surface area contributed by atoms with E-state index in [0.717, 1.165) is 32.5 Å². The molecule has 4 nitrogen and oxygen atoms in total. The number of guanidine groups is 1. The number of hydrogen-bond acceptors (Lipinski definition) is 2. The molecule has 0 spiro atoms. The number of ether oxygens (including phenoxy) is 1. The monoisotopic (exact) mass is 213 g/mol. The zero-order valence-corrected chi connectivity index (χ0v) is 9.67. The molecule has 15 heavy (non-hydrogen) atoms. The normalized spacial score (nSPS) is 22.7. The van der Waals surface area contributed by atoms with Crippen molar-refractivity contribution in [2.24, 2.45) is 10.7 Å². The van der Waals surface area contributed by atoms with Crippen molar-refractivity contribution in [1.82, 2.24) is 5.32 Å². The van der Waals surface area contributed by atoms with Gasteiger partial charge in [-0.1, -0.05) is 6.92 Å². The number of rotatable bonds is 5. The lowest BCUT2D eigenvalue weighted by molar-refractivity contribution is 0.0122. The molecule has 1 saturated heterocycles. The second-order valence-electron chi connectivity index (χ2n) is 3.97. The summed E-state index contributed by atoms with van der Waals surface area (Å²) < 4.78 is 5.62. The third-order valence-electron chi connectivity index (χ3n) is 2.55. The van der Waals surface area contributed by atoms with E-state index in [9.17, 15) is 0 Å². The molecule has 1 unspecified atom stereocenters. The molecular weight excluding hydrogens is 190 g/mol. The van der Waals surface area contributed by atoms with Gasteiger partial charge in [-0.15, -0.1) is 0 Å². The Kier molecular flexibility index (Phi) is 6.16. The number of nitrogens with one attached hydrogen (secondary N) is 1. The van der Waals surface area contributed by atoms with E-state index in [0.29, 0.717) is 12.1 Å². The van der Waals surface area contributed by atoms with E-state index in [2.05, 4.69) is 17.2 Å². The van der Waals surface area contributed by atoms with Crippen molar-refractivity contribution in [3.05, 3.63) is 0 Å². The zero-order valence-electron chi connectivity index (χ0n) is 9.67. The lowest BCUT2D eigenvalue weighted by Gasteiger charge is -2.22. The van der Waals surface area contributed by atoms with Gasteiger partial charge < -0.3 is 15.8 Å². The quantitative estimate of drug-likeness (QED) is 0.534. The first-order valence-electron chi connectivity index (χ1n) is 5.98. The van der Waals surface area contributed by atoms with Gasteiger partial charge in [0.1, 0.15) is 0 Å². The first-order chi connectivity index (χ1) is 7.33. The van der Waals surface area contributed by atoms with Gasteiger partial charge in [0.15, 0.2) is 5.96 Å². The minimum Gasteiger partial charge on any atom is -0.378 e. The molecule has 0 amide bonds. The number of hydrogen-bond donors (Lipinski definition) is 2. The predicted octanol–water partition coefficient (Wildman–Crippen LogP) is 1.26. The maximum absolute atomic E-state index is 5.67. The summed E-state index contributed by atoms with van der Waals surface area (Å²) in [4.78, 5) is 4.17. The van der Waals surface area contributed by atoms with E-state index in [-0.39, 0.29) is 0 Å². The molecule has 0 radical (unpaired) electrons. The molecule has 0 aromatic rings. The van der Waals surface area contributed by atoms with Crippen molar-refractivity contribution in [1.29, 1.82) is 0 Å². The summed E-state index contributed by atoms with van der Waals surface area (Å²) in [6, 6.07) is 0. The fourth-order valence-electron chi connectivity index (χ4n) is 1.68. The van der Waals surface area contributed by atoms with Crippen LogP contribution in [0.25, 0.3) is 0 Å². The molecule has 0 saturated carbocycles. The highest BCUT2D eigenvalue weighted by molar-refractivity contribution is 5.77. The highest BCUT2D eigenvalue weighted by Gasteiger charge is 2.12. The van der Waals surface area contributed by atoms with Crippen LogP contribution in [0.15, 0.2) is 4.99 Å². The molecule has 3 N–H and O–H groups in total. The summed E-state index contributed by atoms with van der Waals surface area (Å²) in [6.45, 7) is 4.68. The fraction of sp³-hybridized carbons (Fsp3) is 0.909. The molecule has 1 atom stereocenters. The molecule has 0 aliphatic carbocycles. The van der Waals surface area contributed by atoms with Gasteiger partial charge in [-0.25, -0.2) is 0 Å². The van der Waals surface area contributed by atoms with Crippen LogP contribution in [0, 0.1) is 0 Å². The SMILES string of the molecule is CCCN=C(N)NCCC1CCCCO1. The van der Waals surface area contributed by atoms with Gasteiger partial charge in [0.2, 0.25) is 0 Å². The van der Waals surface area contributed by atoms with Crippen molar-refractivity contribution < 1.29 is 4.74 Å². The van der Waals surface area contributed by atoms with Crippen molar-refractivity contribution in [2.45, 2.75) is 45.1 Å². The maximum atomic E-state index is 5.67. The Balaban J connectivity index is 2.04. The lowest BCUT2D eigenvalue weighted by Crippen LogP contribution is -2.34. The fourth-order valence-corrected chi connectivity index (χ4v) is 1.68. The zero-order chi connectivity index (χ0) is 10.9. The second kappa shape index (κ2) is 7.51. The molecule has 88 valence electrons. The summed E-state index contributed by atoms with van der Waals surface area (Å²) in [5.41, 5.74) is 5.67. The number of nitrogens with two attached hydrogens (primary N) is 1. The van der Waals surface area contributed by atoms with Gasteiger partial charge in [-0.05, 0) is 32.1 Å². The van der Waals surface area contributed by atoms with Gasteiger partial charge in [0, 0.05) is 19.7 Å². The van der Waals surface area contributed by atoms with E-state index in [4.69, 9.17) is 10.5 Å². The molecule has 0 bridgehead atoms. The Labute approximate surface area is 92.3 Å². The first kappa shape index (κ1) is 12.3. The molecule has 4 heteroatoms. The van der Waals surface area contributed by atoms with Crippen molar-refractivity contribution in [3.63, 3.8) is 0 Å². The molecule has 1 aliphatic rings. The van der Waals surface area contributed by atoms with Gasteiger partial charge in [-0.2, -0.15) is 0 Å². The third kappa shape index (κ3) is 5.62. The topological polar surface area (TPSA) is 59.6 Å². The maximum Gasteiger partial charge on any atom is 0.188 e. The molecule has 0 aromatic heterocycles. The minimum absolute atomic E-state index is 0.422. The molecule has 1 aliphatic heterocycles. The smallest absolute Gasteiger partial charge is 0.188 e. The van der Waals surface area contributed by atoms with Crippen LogP contribution in [0.5, 0.6) is 0 Å². The Morgan fingerprint density at radius 2 is 2.40 bits per heavy atom. The average molecular weight is 213 g/mol. The predicted molar refractivity (Wildman–Crippen MR) is 63.0 cm³/mol. The lowest BCUT2D eigenvalue weighted by atomic mass is 10.1. The largest absolute Gasteiger partial charge is 0.378 e. The van der Waals surface area contributed by atoms with Crippen LogP contribution in [0.3, 0.4) is 0 Å². The number of aliphatic imine (C=N–C) groups is 1. The van der Waals surface area contributed by atoms with Gasteiger partial charge in [0.25, 0.3) is 0 Å². The highest BCUT2D eigenvalue weighted by atomic mass is 16.5. The van der Waals surface area contributed by atoms with Crippen LogP contribution >= 0.6 is 0 Å². The Bertz CT molecular complexity index is 188.